The number of rotatable bonds is 3. The Hall–Kier alpha value is -2.59. The number of primary amides is 1. The summed E-state index contributed by atoms with van der Waals surface area (Å²) >= 11 is 0. The Kier molecular flexibility index (Phi) is 3.23. The van der Waals surface area contributed by atoms with Crippen LogP contribution < -0.4 is 5.73 Å². The minimum absolute atomic E-state index is 0.0197. The van der Waals surface area contributed by atoms with Gasteiger partial charge in [0.05, 0.1) is 12.2 Å². The molecule has 1 radical (unpaired) electrons. The van der Waals surface area contributed by atoms with Gasteiger partial charge in [0.15, 0.2) is 0 Å². The maximum atomic E-state index is 11.6. The topological polar surface area (TPSA) is 79.1 Å². The van der Waals surface area contributed by atoms with E-state index in [0.29, 0.717) is 5.56 Å². The first kappa shape index (κ1) is 13.4. The zero-order valence-electron chi connectivity index (χ0n) is 11.6. The summed E-state index contributed by atoms with van der Waals surface area (Å²) in [4.78, 5) is 14.7. The molecule has 21 heavy (non-hydrogen) atoms. The molecule has 4 nitrogen and oxygen atoms in total. The van der Waals surface area contributed by atoms with Crippen LogP contribution in [0.25, 0.3) is 22.0 Å². The standard InChI is InChI=1S/C17H15N2O2/c1-10-16(17(18)21)14-8-13(6-7-15(14)19-10)12-4-2-11(9-20)3-5-12/h2-5,7-8,19-20H,9H2,1H3,(H2,18,21). The summed E-state index contributed by atoms with van der Waals surface area (Å²) in [6.45, 7) is 1.85. The van der Waals surface area contributed by atoms with Crippen molar-refractivity contribution in [3.63, 3.8) is 0 Å². The highest BCUT2D eigenvalue weighted by atomic mass is 16.3. The van der Waals surface area contributed by atoms with Crippen LogP contribution in [-0.4, -0.2) is 16.0 Å². The highest BCUT2D eigenvalue weighted by Gasteiger charge is 2.14. The Morgan fingerprint density at radius 1 is 1.33 bits per heavy atom. The highest BCUT2D eigenvalue weighted by Crippen LogP contribution is 2.27. The number of amides is 1. The van der Waals surface area contributed by atoms with Crippen LogP contribution in [0.15, 0.2) is 36.4 Å². The maximum Gasteiger partial charge on any atom is 0.251 e. The predicted octanol–water partition coefficient (Wildman–Crippen LogP) is 2.53. The molecular formula is C17H15N2O2. The molecule has 0 aliphatic rings. The number of aromatic nitrogens is 1. The van der Waals surface area contributed by atoms with E-state index in [1.807, 2.05) is 43.3 Å². The monoisotopic (exact) mass is 279 g/mol. The fourth-order valence-electron chi connectivity index (χ4n) is 2.54. The summed E-state index contributed by atoms with van der Waals surface area (Å²) in [5, 5.41) is 9.88. The van der Waals surface area contributed by atoms with Crippen LogP contribution in [0.5, 0.6) is 0 Å². The summed E-state index contributed by atoms with van der Waals surface area (Å²) in [5.74, 6) is -0.438. The molecule has 3 aromatic rings. The molecule has 1 amide bonds. The van der Waals surface area contributed by atoms with Crippen molar-refractivity contribution in [2.24, 2.45) is 5.73 Å². The van der Waals surface area contributed by atoms with Gasteiger partial charge in [0.25, 0.3) is 5.91 Å². The molecule has 3 rings (SSSR count). The minimum Gasteiger partial charge on any atom is -0.392 e. The van der Waals surface area contributed by atoms with Gasteiger partial charge in [-0.05, 0) is 41.8 Å². The van der Waals surface area contributed by atoms with Gasteiger partial charge in [-0.1, -0.05) is 24.3 Å². The molecule has 0 saturated heterocycles. The molecule has 0 atom stereocenters. The van der Waals surface area contributed by atoms with Crippen LogP contribution in [0, 0.1) is 13.0 Å². The van der Waals surface area contributed by atoms with Gasteiger partial charge >= 0.3 is 0 Å². The molecule has 2 aromatic carbocycles. The number of benzene rings is 2. The molecule has 0 aliphatic heterocycles. The van der Waals surface area contributed by atoms with E-state index in [2.05, 4.69) is 11.1 Å². The molecule has 1 heterocycles. The molecule has 0 fully saturated rings. The highest BCUT2D eigenvalue weighted by molar-refractivity contribution is 6.08. The number of hydrogen-bond acceptors (Lipinski definition) is 2. The lowest BCUT2D eigenvalue weighted by atomic mass is 10.0. The molecule has 4 N–H and O–H groups in total. The van der Waals surface area contributed by atoms with Gasteiger partial charge in [-0.2, -0.15) is 0 Å². The number of aliphatic hydroxyl groups is 1. The number of carbonyl (C=O) groups excluding carboxylic acids is 1. The average molecular weight is 279 g/mol. The van der Waals surface area contributed by atoms with Gasteiger partial charge in [-0.25, -0.2) is 0 Å². The number of carbonyl (C=O) groups is 1. The van der Waals surface area contributed by atoms with Crippen LogP contribution in [0.1, 0.15) is 21.6 Å². The molecule has 4 heteroatoms. The normalized spacial score (nSPS) is 11.0. The molecule has 0 bridgehead atoms. The van der Waals surface area contributed by atoms with E-state index < -0.39 is 5.91 Å². The minimum atomic E-state index is -0.438. The van der Waals surface area contributed by atoms with Crippen molar-refractivity contribution < 1.29 is 9.90 Å². The lowest BCUT2D eigenvalue weighted by Gasteiger charge is -2.04. The van der Waals surface area contributed by atoms with Crippen molar-refractivity contribution in [1.29, 1.82) is 0 Å². The predicted molar refractivity (Wildman–Crippen MR) is 81.7 cm³/mol. The maximum absolute atomic E-state index is 11.6. The summed E-state index contributed by atoms with van der Waals surface area (Å²) in [5.41, 5.74) is 10.3. The Morgan fingerprint density at radius 3 is 2.67 bits per heavy atom. The van der Waals surface area contributed by atoms with E-state index in [-0.39, 0.29) is 6.61 Å². The van der Waals surface area contributed by atoms with E-state index in [4.69, 9.17) is 10.8 Å². The van der Waals surface area contributed by atoms with E-state index in [0.717, 1.165) is 33.3 Å². The summed E-state index contributed by atoms with van der Waals surface area (Å²) < 4.78 is 0. The van der Waals surface area contributed by atoms with Crippen LogP contribution in [0.2, 0.25) is 0 Å². The average Bonchev–Trinajstić information content (AvgIpc) is 2.82. The van der Waals surface area contributed by atoms with Gasteiger partial charge in [-0.15, -0.1) is 0 Å². The second-order valence-electron chi connectivity index (χ2n) is 5.02. The summed E-state index contributed by atoms with van der Waals surface area (Å²) in [6, 6.07) is 14.5. The Bertz CT molecular complexity index is 817. The zero-order valence-corrected chi connectivity index (χ0v) is 11.6. The number of nitrogens with two attached hydrogens (primary N) is 1. The summed E-state index contributed by atoms with van der Waals surface area (Å²) in [6.07, 6.45) is 0. The van der Waals surface area contributed by atoms with Gasteiger partial charge < -0.3 is 15.8 Å². The number of hydrogen-bond donors (Lipinski definition) is 3. The lowest BCUT2D eigenvalue weighted by Crippen LogP contribution is -2.11. The van der Waals surface area contributed by atoms with Crippen molar-refractivity contribution in [2.45, 2.75) is 13.5 Å². The van der Waals surface area contributed by atoms with Crippen molar-refractivity contribution in [1.82, 2.24) is 4.98 Å². The Balaban J connectivity index is 2.15. The van der Waals surface area contributed by atoms with E-state index in [9.17, 15) is 4.79 Å². The number of aromatic amines is 1. The third-order valence-corrected chi connectivity index (χ3v) is 3.61. The van der Waals surface area contributed by atoms with Gasteiger partial charge in [0.2, 0.25) is 0 Å². The third kappa shape index (κ3) is 2.30. The second-order valence-corrected chi connectivity index (χ2v) is 5.02. The van der Waals surface area contributed by atoms with E-state index in [1.54, 1.807) is 0 Å². The van der Waals surface area contributed by atoms with Crippen LogP contribution in [-0.2, 0) is 6.61 Å². The molecule has 105 valence electrons. The molecule has 0 aliphatic carbocycles. The Labute approximate surface area is 122 Å². The van der Waals surface area contributed by atoms with Crippen molar-refractivity contribution in [3.8, 4) is 11.1 Å². The van der Waals surface area contributed by atoms with Crippen molar-refractivity contribution >= 4 is 16.8 Å². The number of aryl methyl sites for hydroxylation is 1. The summed E-state index contributed by atoms with van der Waals surface area (Å²) in [7, 11) is 0. The van der Waals surface area contributed by atoms with Crippen LogP contribution in [0.4, 0.5) is 0 Å². The Morgan fingerprint density at radius 2 is 2.05 bits per heavy atom. The van der Waals surface area contributed by atoms with Crippen LogP contribution in [0.3, 0.4) is 0 Å². The second kappa shape index (κ2) is 5.07. The number of fused-ring (bicyclic) bond motifs is 1. The first-order chi connectivity index (χ1) is 10.1. The first-order valence-corrected chi connectivity index (χ1v) is 6.64. The fraction of sp³-hybridized carbons (Fsp3) is 0.118. The number of H-pyrrole nitrogens is 1. The van der Waals surface area contributed by atoms with E-state index in [1.165, 1.54) is 0 Å². The third-order valence-electron chi connectivity index (χ3n) is 3.61. The first-order valence-electron chi connectivity index (χ1n) is 6.64. The van der Waals surface area contributed by atoms with Gasteiger partial charge in [0.1, 0.15) is 0 Å². The van der Waals surface area contributed by atoms with Gasteiger partial charge in [-0.3, -0.25) is 4.79 Å². The molecule has 0 unspecified atom stereocenters. The molecular weight excluding hydrogens is 264 g/mol. The SMILES string of the molecule is Cc1[nH]c2c[c]c(-c3ccc(CO)cc3)cc2c1C(N)=O. The number of aliphatic hydroxyl groups excluding tert-OH is 1. The van der Waals surface area contributed by atoms with Crippen molar-refractivity contribution in [2.75, 3.05) is 0 Å². The fourth-order valence-corrected chi connectivity index (χ4v) is 2.54. The largest absolute Gasteiger partial charge is 0.392 e. The van der Waals surface area contributed by atoms with Gasteiger partial charge in [0, 0.05) is 16.6 Å². The number of nitrogens with one attached hydrogen (secondary N) is 1. The molecule has 0 spiro atoms. The van der Waals surface area contributed by atoms with Crippen LogP contribution >= 0.6 is 0 Å². The molecule has 1 aromatic heterocycles. The lowest BCUT2D eigenvalue weighted by molar-refractivity contribution is 0.100. The smallest absolute Gasteiger partial charge is 0.251 e. The zero-order chi connectivity index (χ0) is 15.0. The van der Waals surface area contributed by atoms with E-state index >= 15 is 0 Å². The van der Waals surface area contributed by atoms with Crippen molar-refractivity contribution in [3.05, 3.63) is 59.3 Å². The molecule has 0 saturated carbocycles. The quantitative estimate of drug-likeness (QED) is 0.688.